The van der Waals surface area contributed by atoms with Crippen molar-refractivity contribution >= 4 is 23.2 Å². The lowest BCUT2D eigenvalue weighted by atomic mass is 9.75. The average molecular weight is 343 g/mol. The maximum Gasteiger partial charge on any atom is 0.137 e. The van der Waals surface area contributed by atoms with Gasteiger partial charge >= 0.3 is 0 Å². The third kappa shape index (κ3) is 3.07. The van der Waals surface area contributed by atoms with Crippen LogP contribution in [0.25, 0.3) is 0 Å². The highest BCUT2D eigenvalue weighted by Gasteiger charge is 2.35. The van der Waals surface area contributed by atoms with Gasteiger partial charge in [0.1, 0.15) is 18.1 Å². The number of nitriles is 1. The van der Waals surface area contributed by atoms with Gasteiger partial charge < -0.3 is 0 Å². The number of hydrogen-bond acceptors (Lipinski definition) is 3. The third-order valence-corrected chi connectivity index (χ3v) is 4.23. The van der Waals surface area contributed by atoms with Crippen molar-refractivity contribution in [3.8, 4) is 6.07 Å². The SMILES string of the molecule is N#CC(Cn1cncn1)(c1ccc(Cl)cc1)c1ccc(Cl)cc1. The fourth-order valence-corrected chi connectivity index (χ4v) is 2.79. The highest BCUT2D eigenvalue weighted by atomic mass is 35.5. The summed E-state index contributed by atoms with van der Waals surface area (Å²) in [7, 11) is 0. The van der Waals surface area contributed by atoms with Crippen molar-refractivity contribution in [3.63, 3.8) is 0 Å². The molecule has 1 aromatic heterocycles. The lowest BCUT2D eigenvalue weighted by Gasteiger charge is -2.27. The van der Waals surface area contributed by atoms with Gasteiger partial charge in [0.15, 0.2) is 0 Å². The number of halogens is 2. The van der Waals surface area contributed by atoms with Crippen molar-refractivity contribution in [3.05, 3.63) is 82.4 Å². The summed E-state index contributed by atoms with van der Waals surface area (Å²) in [6.07, 6.45) is 3.05. The van der Waals surface area contributed by atoms with E-state index < -0.39 is 5.41 Å². The molecule has 0 saturated carbocycles. The standard InChI is InChI=1S/C17H12Cl2N4/c18-15-5-1-13(2-6-15)17(9-20,10-23-12-21-11-22-23)14-3-7-16(19)8-4-14/h1-8,11-12H,10H2. The minimum absolute atomic E-state index is 0.340. The molecule has 1 heterocycles. The first-order chi connectivity index (χ1) is 11.1. The Labute approximate surface area is 143 Å². The Morgan fingerprint density at radius 2 is 1.48 bits per heavy atom. The topological polar surface area (TPSA) is 54.5 Å². The molecule has 0 aliphatic heterocycles. The smallest absolute Gasteiger partial charge is 0.137 e. The van der Waals surface area contributed by atoms with Crippen LogP contribution >= 0.6 is 23.2 Å². The van der Waals surface area contributed by atoms with E-state index in [0.717, 1.165) is 11.1 Å². The lowest BCUT2D eigenvalue weighted by Crippen LogP contribution is -2.31. The highest BCUT2D eigenvalue weighted by Crippen LogP contribution is 2.34. The molecule has 0 bridgehead atoms. The Morgan fingerprint density at radius 1 is 0.957 bits per heavy atom. The molecule has 0 spiro atoms. The van der Waals surface area contributed by atoms with E-state index in [1.807, 2.05) is 24.3 Å². The van der Waals surface area contributed by atoms with Gasteiger partial charge in [-0.25, -0.2) is 4.98 Å². The summed E-state index contributed by atoms with van der Waals surface area (Å²) in [5, 5.41) is 15.4. The molecule has 114 valence electrons. The second kappa shape index (κ2) is 6.41. The van der Waals surface area contributed by atoms with Crippen molar-refractivity contribution in [1.29, 1.82) is 5.26 Å². The summed E-state index contributed by atoms with van der Waals surface area (Å²) in [4.78, 5) is 3.96. The Hall–Kier alpha value is -2.35. The molecule has 4 nitrogen and oxygen atoms in total. The first kappa shape index (κ1) is 15.5. The summed E-state index contributed by atoms with van der Waals surface area (Å²) in [6, 6.07) is 17.0. The van der Waals surface area contributed by atoms with Crippen molar-refractivity contribution < 1.29 is 0 Å². The maximum atomic E-state index is 10.0. The number of hydrogen-bond donors (Lipinski definition) is 0. The van der Waals surface area contributed by atoms with E-state index in [0.29, 0.717) is 16.6 Å². The Balaban J connectivity index is 2.16. The van der Waals surface area contributed by atoms with Gasteiger partial charge in [0, 0.05) is 10.0 Å². The van der Waals surface area contributed by atoms with Gasteiger partial charge in [0.25, 0.3) is 0 Å². The molecule has 0 N–H and O–H groups in total. The predicted octanol–water partition coefficient (Wildman–Crippen LogP) is 4.09. The van der Waals surface area contributed by atoms with Crippen LogP contribution in [0.15, 0.2) is 61.2 Å². The van der Waals surface area contributed by atoms with Gasteiger partial charge in [-0.05, 0) is 35.4 Å². The minimum Gasteiger partial charge on any atom is -0.251 e. The molecule has 0 radical (unpaired) electrons. The van der Waals surface area contributed by atoms with Crippen LogP contribution in [0.5, 0.6) is 0 Å². The highest BCUT2D eigenvalue weighted by molar-refractivity contribution is 6.30. The molecule has 23 heavy (non-hydrogen) atoms. The zero-order chi connectivity index (χ0) is 16.3. The maximum absolute atomic E-state index is 10.0. The van der Waals surface area contributed by atoms with Crippen LogP contribution in [0.3, 0.4) is 0 Å². The average Bonchev–Trinajstić information content (AvgIpc) is 3.07. The first-order valence-electron chi connectivity index (χ1n) is 6.90. The molecule has 3 aromatic rings. The fraction of sp³-hybridized carbons (Fsp3) is 0.118. The molecule has 0 atom stereocenters. The molecule has 3 rings (SSSR count). The number of rotatable bonds is 4. The third-order valence-electron chi connectivity index (χ3n) is 3.73. The van der Waals surface area contributed by atoms with E-state index in [1.165, 1.54) is 6.33 Å². The minimum atomic E-state index is -0.914. The molecule has 0 fully saturated rings. The van der Waals surface area contributed by atoms with E-state index in [4.69, 9.17) is 23.2 Å². The van der Waals surface area contributed by atoms with Gasteiger partial charge in [-0.15, -0.1) is 0 Å². The quantitative estimate of drug-likeness (QED) is 0.717. The van der Waals surface area contributed by atoms with Gasteiger partial charge in [-0.2, -0.15) is 10.4 Å². The van der Waals surface area contributed by atoms with Crippen LogP contribution in [-0.2, 0) is 12.0 Å². The summed E-state index contributed by atoms with van der Waals surface area (Å²) in [5.74, 6) is 0. The second-order valence-corrected chi connectivity index (χ2v) is 6.00. The molecule has 2 aromatic carbocycles. The van der Waals surface area contributed by atoms with Crippen LogP contribution in [0.2, 0.25) is 10.0 Å². The van der Waals surface area contributed by atoms with Gasteiger partial charge in [0.05, 0.1) is 12.6 Å². The molecule has 0 amide bonds. The normalized spacial score (nSPS) is 11.2. The van der Waals surface area contributed by atoms with Crippen LogP contribution in [-0.4, -0.2) is 14.8 Å². The molecular weight excluding hydrogens is 331 g/mol. The zero-order valence-electron chi connectivity index (χ0n) is 12.0. The van der Waals surface area contributed by atoms with Crippen molar-refractivity contribution in [2.75, 3.05) is 0 Å². The molecule has 0 saturated heterocycles. The fourth-order valence-electron chi connectivity index (χ4n) is 2.54. The molecule has 0 unspecified atom stereocenters. The van der Waals surface area contributed by atoms with E-state index in [-0.39, 0.29) is 0 Å². The van der Waals surface area contributed by atoms with Gasteiger partial charge in [-0.1, -0.05) is 47.5 Å². The summed E-state index contributed by atoms with van der Waals surface area (Å²) < 4.78 is 1.65. The number of nitrogens with zero attached hydrogens (tertiary/aromatic N) is 4. The lowest BCUT2D eigenvalue weighted by molar-refractivity contribution is 0.487. The molecule has 6 heteroatoms. The summed E-state index contributed by atoms with van der Waals surface area (Å²) in [6.45, 7) is 0.340. The van der Waals surface area contributed by atoms with Gasteiger partial charge in [-0.3, -0.25) is 4.68 Å². The van der Waals surface area contributed by atoms with Crippen LogP contribution in [0.1, 0.15) is 11.1 Å². The second-order valence-electron chi connectivity index (χ2n) is 5.12. The van der Waals surface area contributed by atoms with E-state index in [2.05, 4.69) is 16.2 Å². The predicted molar refractivity (Wildman–Crippen MR) is 89.3 cm³/mol. The number of aromatic nitrogens is 3. The first-order valence-corrected chi connectivity index (χ1v) is 7.65. The largest absolute Gasteiger partial charge is 0.251 e. The number of benzene rings is 2. The van der Waals surface area contributed by atoms with E-state index in [1.54, 1.807) is 35.3 Å². The molecule has 0 aliphatic carbocycles. The van der Waals surface area contributed by atoms with Crippen molar-refractivity contribution in [1.82, 2.24) is 14.8 Å². The Bertz CT molecular complexity index is 773. The Kier molecular flexibility index (Phi) is 4.33. The Morgan fingerprint density at radius 3 is 1.87 bits per heavy atom. The summed E-state index contributed by atoms with van der Waals surface area (Å²) >= 11 is 12.0. The zero-order valence-corrected chi connectivity index (χ0v) is 13.5. The summed E-state index contributed by atoms with van der Waals surface area (Å²) in [5.41, 5.74) is 0.757. The molecule has 0 aliphatic rings. The van der Waals surface area contributed by atoms with Crippen LogP contribution in [0, 0.1) is 11.3 Å². The molecular formula is C17H12Cl2N4. The van der Waals surface area contributed by atoms with E-state index >= 15 is 0 Å². The monoisotopic (exact) mass is 342 g/mol. The van der Waals surface area contributed by atoms with Crippen LogP contribution < -0.4 is 0 Å². The van der Waals surface area contributed by atoms with E-state index in [9.17, 15) is 5.26 Å². The van der Waals surface area contributed by atoms with Crippen molar-refractivity contribution in [2.45, 2.75) is 12.0 Å². The van der Waals surface area contributed by atoms with Crippen molar-refractivity contribution in [2.24, 2.45) is 0 Å². The van der Waals surface area contributed by atoms with Crippen LogP contribution in [0.4, 0.5) is 0 Å². The van der Waals surface area contributed by atoms with Gasteiger partial charge in [0.2, 0.25) is 0 Å².